The summed E-state index contributed by atoms with van der Waals surface area (Å²) >= 11 is 0. The fraction of sp³-hybridized carbons (Fsp3) is 0.917. The van der Waals surface area contributed by atoms with Gasteiger partial charge in [-0.15, -0.1) is 0 Å². The van der Waals surface area contributed by atoms with E-state index >= 15 is 0 Å². The third-order valence-corrected chi connectivity index (χ3v) is 3.83. The van der Waals surface area contributed by atoms with Gasteiger partial charge in [0.05, 0.1) is 13.2 Å². The maximum Gasteiger partial charge on any atom is 0.188 e. The Morgan fingerprint density at radius 2 is 2.00 bits per heavy atom. The van der Waals surface area contributed by atoms with Crippen LogP contribution in [0.5, 0.6) is 0 Å². The molecule has 2 fully saturated rings. The lowest BCUT2D eigenvalue weighted by atomic mass is 9.96. The van der Waals surface area contributed by atoms with Crippen molar-refractivity contribution in [3.63, 3.8) is 0 Å². The Balaban J connectivity index is 1.73. The van der Waals surface area contributed by atoms with Crippen LogP contribution in [0.15, 0.2) is 4.99 Å². The van der Waals surface area contributed by atoms with Gasteiger partial charge in [0, 0.05) is 11.5 Å². The van der Waals surface area contributed by atoms with Crippen molar-refractivity contribution in [2.45, 2.75) is 51.0 Å². The van der Waals surface area contributed by atoms with E-state index in [0.29, 0.717) is 18.5 Å². The number of rotatable bonds is 4. The van der Waals surface area contributed by atoms with Gasteiger partial charge in [-0.3, -0.25) is 4.99 Å². The van der Waals surface area contributed by atoms with Gasteiger partial charge >= 0.3 is 0 Å². The van der Waals surface area contributed by atoms with E-state index in [2.05, 4.69) is 10.3 Å². The van der Waals surface area contributed by atoms with Crippen LogP contribution >= 0.6 is 0 Å². The highest BCUT2D eigenvalue weighted by Gasteiger charge is 2.41. The summed E-state index contributed by atoms with van der Waals surface area (Å²) in [6, 6.07) is 0.516. The second-order valence-electron chi connectivity index (χ2n) is 5.34. The molecule has 0 aromatic carbocycles. The monoisotopic (exact) mass is 225 g/mol. The number of hydrogen-bond acceptors (Lipinski definition) is 2. The predicted molar refractivity (Wildman–Crippen MR) is 65.3 cm³/mol. The molecule has 0 aromatic heterocycles. The second-order valence-corrected chi connectivity index (χ2v) is 5.34. The number of aliphatic imine (C=N–C) groups is 1. The molecule has 0 amide bonds. The molecular weight excluding hydrogens is 202 g/mol. The van der Waals surface area contributed by atoms with Gasteiger partial charge < -0.3 is 16.2 Å². The standard InChI is InChI=1S/C12H23N3O/c13-11(14-8-12(9-16)6-7-12)15-10-4-2-1-3-5-10/h10,16H,1-9H2,(H3,13,14,15). The zero-order chi connectivity index (χ0) is 11.4. The molecule has 2 aliphatic carbocycles. The zero-order valence-corrected chi connectivity index (χ0v) is 9.91. The van der Waals surface area contributed by atoms with Crippen molar-refractivity contribution in [2.75, 3.05) is 13.2 Å². The molecule has 0 atom stereocenters. The lowest BCUT2D eigenvalue weighted by Gasteiger charge is -2.23. The average Bonchev–Trinajstić information content (AvgIpc) is 3.09. The average molecular weight is 225 g/mol. The SMILES string of the molecule is NC(=NCC1(CO)CC1)NC1CCCCC1. The van der Waals surface area contributed by atoms with Gasteiger partial charge in [-0.05, 0) is 25.7 Å². The highest BCUT2D eigenvalue weighted by atomic mass is 16.3. The van der Waals surface area contributed by atoms with Crippen LogP contribution in [0.3, 0.4) is 0 Å². The maximum atomic E-state index is 9.16. The van der Waals surface area contributed by atoms with Crippen LogP contribution in [0.25, 0.3) is 0 Å². The van der Waals surface area contributed by atoms with Crippen LogP contribution in [0.1, 0.15) is 44.9 Å². The molecule has 2 rings (SSSR count). The van der Waals surface area contributed by atoms with Crippen LogP contribution < -0.4 is 11.1 Å². The summed E-state index contributed by atoms with van der Waals surface area (Å²) in [5.41, 5.74) is 5.92. The van der Waals surface area contributed by atoms with E-state index in [1.54, 1.807) is 0 Å². The van der Waals surface area contributed by atoms with Gasteiger partial charge in [-0.1, -0.05) is 19.3 Å². The number of nitrogens with two attached hydrogens (primary N) is 1. The van der Waals surface area contributed by atoms with Gasteiger partial charge in [-0.25, -0.2) is 0 Å². The third kappa shape index (κ3) is 3.11. The van der Waals surface area contributed by atoms with Crippen molar-refractivity contribution in [3.05, 3.63) is 0 Å². The fourth-order valence-electron chi connectivity index (χ4n) is 2.30. The number of guanidine groups is 1. The Kier molecular flexibility index (Phi) is 3.69. The van der Waals surface area contributed by atoms with E-state index in [0.717, 1.165) is 12.8 Å². The molecule has 0 unspecified atom stereocenters. The maximum absolute atomic E-state index is 9.16. The number of aliphatic hydroxyl groups excluding tert-OH is 1. The largest absolute Gasteiger partial charge is 0.396 e. The quantitative estimate of drug-likeness (QED) is 0.494. The molecule has 0 heterocycles. The highest BCUT2D eigenvalue weighted by Crippen LogP contribution is 2.45. The van der Waals surface area contributed by atoms with Gasteiger partial charge in [0.15, 0.2) is 5.96 Å². The Bertz CT molecular complexity index is 255. The lowest BCUT2D eigenvalue weighted by molar-refractivity contribution is 0.217. The molecule has 4 nitrogen and oxygen atoms in total. The molecule has 16 heavy (non-hydrogen) atoms. The van der Waals surface area contributed by atoms with E-state index < -0.39 is 0 Å². The zero-order valence-electron chi connectivity index (χ0n) is 9.91. The predicted octanol–water partition coefficient (Wildman–Crippen LogP) is 0.996. The topological polar surface area (TPSA) is 70.6 Å². The minimum atomic E-state index is 0.0683. The molecular formula is C12H23N3O. The molecule has 0 radical (unpaired) electrons. The van der Waals surface area contributed by atoms with Crippen molar-refractivity contribution in [1.29, 1.82) is 0 Å². The first-order chi connectivity index (χ1) is 7.74. The van der Waals surface area contributed by atoms with Crippen LogP contribution in [-0.2, 0) is 0 Å². The van der Waals surface area contributed by atoms with E-state index in [9.17, 15) is 0 Å². The Morgan fingerprint density at radius 3 is 2.56 bits per heavy atom. The van der Waals surface area contributed by atoms with Gasteiger partial charge in [0.1, 0.15) is 0 Å². The van der Waals surface area contributed by atoms with Gasteiger partial charge in [0.2, 0.25) is 0 Å². The molecule has 4 N–H and O–H groups in total. The van der Waals surface area contributed by atoms with Crippen molar-refractivity contribution in [1.82, 2.24) is 5.32 Å². The number of nitrogens with zero attached hydrogens (tertiary/aromatic N) is 1. The summed E-state index contributed by atoms with van der Waals surface area (Å²) in [6.45, 7) is 0.919. The molecule has 92 valence electrons. The Hall–Kier alpha value is -0.770. The number of hydrogen-bond donors (Lipinski definition) is 3. The summed E-state index contributed by atoms with van der Waals surface area (Å²) in [7, 11) is 0. The van der Waals surface area contributed by atoms with Crippen LogP contribution in [0, 0.1) is 5.41 Å². The van der Waals surface area contributed by atoms with E-state index in [1.807, 2.05) is 0 Å². The Morgan fingerprint density at radius 1 is 1.31 bits per heavy atom. The second kappa shape index (κ2) is 5.04. The molecule has 0 saturated heterocycles. The van der Waals surface area contributed by atoms with Crippen LogP contribution in [0.2, 0.25) is 0 Å². The molecule has 2 saturated carbocycles. The lowest BCUT2D eigenvalue weighted by Crippen LogP contribution is -2.41. The fourth-order valence-corrected chi connectivity index (χ4v) is 2.30. The van der Waals surface area contributed by atoms with Crippen molar-refractivity contribution in [3.8, 4) is 0 Å². The van der Waals surface area contributed by atoms with E-state index in [-0.39, 0.29) is 12.0 Å². The summed E-state index contributed by atoms with van der Waals surface area (Å²) in [4.78, 5) is 4.35. The molecule has 0 spiro atoms. The number of nitrogens with one attached hydrogen (secondary N) is 1. The normalized spacial score (nSPS) is 25.4. The van der Waals surface area contributed by atoms with Gasteiger partial charge in [-0.2, -0.15) is 0 Å². The van der Waals surface area contributed by atoms with E-state index in [4.69, 9.17) is 10.8 Å². The minimum absolute atomic E-state index is 0.0683. The van der Waals surface area contributed by atoms with Crippen LogP contribution in [0.4, 0.5) is 0 Å². The van der Waals surface area contributed by atoms with Crippen LogP contribution in [-0.4, -0.2) is 30.3 Å². The number of aliphatic hydroxyl groups is 1. The van der Waals surface area contributed by atoms with Crippen molar-refractivity contribution < 1.29 is 5.11 Å². The smallest absolute Gasteiger partial charge is 0.188 e. The molecule has 4 heteroatoms. The minimum Gasteiger partial charge on any atom is -0.396 e. The van der Waals surface area contributed by atoms with Gasteiger partial charge in [0.25, 0.3) is 0 Å². The van der Waals surface area contributed by atoms with Crippen molar-refractivity contribution >= 4 is 5.96 Å². The molecule has 0 aromatic rings. The summed E-state index contributed by atoms with van der Waals surface area (Å²) < 4.78 is 0. The summed E-state index contributed by atoms with van der Waals surface area (Å²) in [5, 5.41) is 12.4. The molecule has 0 bridgehead atoms. The highest BCUT2D eigenvalue weighted by molar-refractivity contribution is 5.78. The molecule has 0 aliphatic heterocycles. The Labute approximate surface area is 97.3 Å². The first-order valence-electron chi connectivity index (χ1n) is 6.41. The summed E-state index contributed by atoms with van der Waals surface area (Å²) in [5.74, 6) is 0.562. The molecule has 2 aliphatic rings. The first-order valence-corrected chi connectivity index (χ1v) is 6.41. The first kappa shape index (κ1) is 11.7. The van der Waals surface area contributed by atoms with E-state index in [1.165, 1.54) is 32.1 Å². The van der Waals surface area contributed by atoms with Crippen molar-refractivity contribution in [2.24, 2.45) is 16.1 Å². The third-order valence-electron chi connectivity index (χ3n) is 3.83. The summed E-state index contributed by atoms with van der Waals surface area (Å²) in [6.07, 6.45) is 8.54.